The second-order valence-electron chi connectivity index (χ2n) is 3.61. The van der Waals surface area contributed by atoms with Crippen LogP contribution in [0, 0.1) is 0 Å². The highest BCUT2D eigenvalue weighted by Crippen LogP contribution is 2.34. The van der Waals surface area contributed by atoms with Crippen LogP contribution >= 0.6 is 0 Å². The van der Waals surface area contributed by atoms with Crippen molar-refractivity contribution in [2.45, 2.75) is 25.2 Å². The molecule has 0 aliphatic rings. The van der Waals surface area contributed by atoms with Crippen molar-refractivity contribution < 1.29 is 27.5 Å². The van der Waals surface area contributed by atoms with E-state index in [0.29, 0.717) is 0 Å². The molecule has 1 aromatic rings. The van der Waals surface area contributed by atoms with E-state index < -0.39 is 29.8 Å². The Morgan fingerprint density at radius 3 is 2.06 bits per heavy atom. The van der Waals surface area contributed by atoms with Crippen LogP contribution < -0.4 is 0 Å². The first-order chi connectivity index (χ1) is 7.76. The third-order valence-corrected chi connectivity index (χ3v) is 2.44. The molecule has 0 spiro atoms. The summed E-state index contributed by atoms with van der Waals surface area (Å²) in [4.78, 5) is 10.6. The molecule has 0 fully saturated rings. The maximum absolute atomic E-state index is 12.9. The molecule has 0 amide bonds. The summed E-state index contributed by atoms with van der Waals surface area (Å²) in [5, 5.41) is 8.68. The molecular formula is C11H10F4O2. The highest BCUT2D eigenvalue weighted by atomic mass is 19.3. The fourth-order valence-corrected chi connectivity index (χ4v) is 1.26. The lowest BCUT2D eigenvalue weighted by molar-refractivity contribution is -0.138. The van der Waals surface area contributed by atoms with E-state index in [4.69, 9.17) is 5.11 Å². The lowest BCUT2D eigenvalue weighted by Gasteiger charge is -2.16. The Kier molecular flexibility index (Phi) is 3.75. The van der Waals surface area contributed by atoms with Crippen molar-refractivity contribution in [1.29, 1.82) is 0 Å². The van der Waals surface area contributed by atoms with Gasteiger partial charge in [-0.15, -0.1) is 0 Å². The highest BCUT2D eigenvalue weighted by molar-refractivity contribution is 5.75. The second-order valence-corrected chi connectivity index (χ2v) is 3.61. The number of hydrogen-bond donors (Lipinski definition) is 1. The number of benzene rings is 1. The molecule has 0 heterocycles. The normalized spacial score (nSPS) is 13.8. The first-order valence-corrected chi connectivity index (χ1v) is 4.76. The Labute approximate surface area is 94.9 Å². The fourth-order valence-electron chi connectivity index (χ4n) is 1.26. The second kappa shape index (κ2) is 4.73. The predicted molar refractivity (Wildman–Crippen MR) is 52.4 cm³/mol. The number of rotatable bonds is 4. The largest absolute Gasteiger partial charge is 0.481 e. The SMILES string of the molecule is CC(C(=O)O)c1ccc(C(F)(F)C(F)F)cc1. The Morgan fingerprint density at radius 2 is 1.71 bits per heavy atom. The lowest BCUT2D eigenvalue weighted by Crippen LogP contribution is -2.23. The highest BCUT2D eigenvalue weighted by Gasteiger charge is 2.42. The smallest absolute Gasteiger partial charge is 0.332 e. The topological polar surface area (TPSA) is 37.3 Å². The van der Waals surface area contributed by atoms with Gasteiger partial charge in [0.05, 0.1) is 5.92 Å². The molecule has 1 aromatic carbocycles. The predicted octanol–water partition coefficient (Wildman–Crippen LogP) is 3.23. The van der Waals surface area contributed by atoms with E-state index in [9.17, 15) is 22.4 Å². The van der Waals surface area contributed by atoms with Gasteiger partial charge in [0, 0.05) is 5.56 Å². The molecule has 0 radical (unpaired) electrons. The van der Waals surface area contributed by atoms with Crippen LogP contribution in [-0.2, 0) is 10.7 Å². The molecule has 94 valence electrons. The summed E-state index contributed by atoms with van der Waals surface area (Å²) >= 11 is 0. The van der Waals surface area contributed by atoms with Crippen molar-refractivity contribution in [3.63, 3.8) is 0 Å². The molecular weight excluding hydrogens is 240 g/mol. The Morgan fingerprint density at radius 1 is 1.24 bits per heavy atom. The zero-order valence-corrected chi connectivity index (χ0v) is 8.83. The van der Waals surface area contributed by atoms with Crippen LogP contribution in [0.4, 0.5) is 17.6 Å². The maximum Gasteiger partial charge on any atom is 0.332 e. The summed E-state index contributed by atoms with van der Waals surface area (Å²) in [5.74, 6) is -6.20. The van der Waals surface area contributed by atoms with Crippen molar-refractivity contribution >= 4 is 5.97 Å². The number of alkyl halides is 4. The van der Waals surface area contributed by atoms with Crippen molar-refractivity contribution in [1.82, 2.24) is 0 Å². The summed E-state index contributed by atoms with van der Waals surface area (Å²) in [6.45, 7) is 1.38. The van der Waals surface area contributed by atoms with Crippen molar-refractivity contribution in [2.24, 2.45) is 0 Å². The van der Waals surface area contributed by atoms with Crippen molar-refractivity contribution in [3.8, 4) is 0 Å². The lowest BCUT2D eigenvalue weighted by atomic mass is 9.98. The molecule has 1 unspecified atom stereocenters. The number of carboxylic acids is 1. The van der Waals surface area contributed by atoms with Crippen LogP contribution in [-0.4, -0.2) is 17.5 Å². The van der Waals surface area contributed by atoms with Gasteiger partial charge in [-0.05, 0) is 12.5 Å². The van der Waals surface area contributed by atoms with Gasteiger partial charge in [0.15, 0.2) is 0 Å². The molecule has 0 bridgehead atoms. The van der Waals surface area contributed by atoms with Gasteiger partial charge in [-0.25, -0.2) is 8.78 Å². The number of carboxylic acid groups (broad SMARTS) is 1. The molecule has 0 aliphatic carbocycles. The molecule has 6 heteroatoms. The van der Waals surface area contributed by atoms with E-state index in [1.807, 2.05) is 0 Å². The molecule has 0 saturated carbocycles. The van der Waals surface area contributed by atoms with Gasteiger partial charge in [0.2, 0.25) is 0 Å². The summed E-state index contributed by atoms with van der Waals surface area (Å²) in [5.41, 5.74) is -0.542. The van der Waals surface area contributed by atoms with Crippen LogP contribution in [0.3, 0.4) is 0 Å². The molecule has 2 nitrogen and oxygen atoms in total. The number of aliphatic carboxylic acids is 1. The maximum atomic E-state index is 12.9. The van der Waals surface area contributed by atoms with Gasteiger partial charge in [0.1, 0.15) is 0 Å². The van der Waals surface area contributed by atoms with Gasteiger partial charge in [-0.3, -0.25) is 4.79 Å². The van der Waals surface area contributed by atoms with E-state index in [0.717, 1.165) is 24.3 Å². The van der Waals surface area contributed by atoms with E-state index in [2.05, 4.69) is 0 Å². The minimum absolute atomic E-state index is 0.284. The standard InChI is InChI=1S/C11H10F4O2/c1-6(9(16)17)7-2-4-8(5-3-7)11(14,15)10(12)13/h2-6,10H,1H3,(H,16,17). The quantitative estimate of drug-likeness (QED) is 0.833. The van der Waals surface area contributed by atoms with Crippen LogP contribution in [0.25, 0.3) is 0 Å². The van der Waals surface area contributed by atoms with Crippen molar-refractivity contribution in [2.75, 3.05) is 0 Å². The minimum Gasteiger partial charge on any atom is -0.481 e. The monoisotopic (exact) mass is 250 g/mol. The molecule has 0 aromatic heterocycles. The molecule has 17 heavy (non-hydrogen) atoms. The summed E-state index contributed by atoms with van der Waals surface area (Å²) < 4.78 is 49.9. The van der Waals surface area contributed by atoms with Gasteiger partial charge in [-0.2, -0.15) is 8.78 Å². The van der Waals surface area contributed by atoms with Gasteiger partial charge in [-0.1, -0.05) is 24.3 Å². The van der Waals surface area contributed by atoms with E-state index in [1.165, 1.54) is 6.92 Å². The van der Waals surface area contributed by atoms with Gasteiger partial charge >= 0.3 is 18.3 Å². The fraction of sp³-hybridized carbons (Fsp3) is 0.364. The summed E-state index contributed by atoms with van der Waals surface area (Å²) in [7, 11) is 0. The van der Waals surface area contributed by atoms with Crippen molar-refractivity contribution in [3.05, 3.63) is 35.4 Å². The average molecular weight is 250 g/mol. The number of carbonyl (C=O) groups is 1. The first kappa shape index (κ1) is 13.5. The Balaban J connectivity index is 3.00. The zero-order valence-electron chi connectivity index (χ0n) is 8.83. The molecule has 0 aliphatic heterocycles. The van der Waals surface area contributed by atoms with Crippen LogP contribution in [0.1, 0.15) is 24.0 Å². The van der Waals surface area contributed by atoms with E-state index >= 15 is 0 Å². The third-order valence-electron chi connectivity index (χ3n) is 2.44. The first-order valence-electron chi connectivity index (χ1n) is 4.76. The van der Waals surface area contributed by atoms with E-state index in [-0.39, 0.29) is 5.56 Å². The van der Waals surface area contributed by atoms with Crippen LogP contribution in [0.15, 0.2) is 24.3 Å². The Bertz CT molecular complexity index is 400. The summed E-state index contributed by atoms with van der Waals surface area (Å²) in [6.07, 6.45) is -3.79. The number of hydrogen-bond acceptors (Lipinski definition) is 1. The van der Waals surface area contributed by atoms with Gasteiger partial charge < -0.3 is 5.11 Å². The average Bonchev–Trinajstić information content (AvgIpc) is 2.27. The minimum atomic E-state index is -4.22. The molecule has 1 atom stereocenters. The summed E-state index contributed by atoms with van der Waals surface area (Å²) in [6, 6.07) is 3.87. The third kappa shape index (κ3) is 2.75. The molecule has 1 N–H and O–H groups in total. The zero-order chi connectivity index (χ0) is 13.2. The van der Waals surface area contributed by atoms with Crippen LogP contribution in [0.5, 0.6) is 0 Å². The van der Waals surface area contributed by atoms with Gasteiger partial charge in [0.25, 0.3) is 0 Å². The van der Waals surface area contributed by atoms with E-state index in [1.54, 1.807) is 0 Å². The molecule has 1 rings (SSSR count). The Hall–Kier alpha value is -1.59. The number of halogens is 4. The molecule has 0 saturated heterocycles. The van der Waals surface area contributed by atoms with Crippen LogP contribution in [0.2, 0.25) is 0 Å².